The SMILES string of the molecule is O=C(O)N(C(=O)O)[C@@]1(c2cccc(F)c2F)CCCCN(Cc2nccs2)C1=O. The predicted molar refractivity (Wildman–Crippen MR) is 97.3 cm³/mol. The van der Waals surface area contributed by atoms with Crippen molar-refractivity contribution in [3.63, 3.8) is 0 Å². The Morgan fingerprint density at radius 3 is 2.59 bits per heavy atom. The van der Waals surface area contributed by atoms with E-state index in [1.807, 2.05) is 0 Å². The van der Waals surface area contributed by atoms with Gasteiger partial charge in [0.15, 0.2) is 17.2 Å². The Hall–Kier alpha value is -3.08. The quantitative estimate of drug-likeness (QED) is 0.776. The van der Waals surface area contributed by atoms with Gasteiger partial charge in [-0.1, -0.05) is 12.1 Å². The Labute approximate surface area is 168 Å². The molecule has 2 aromatic rings. The number of carbonyl (C=O) groups is 3. The molecule has 2 N–H and O–H groups in total. The molecule has 0 saturated carbocycles. The van der Waals surface area contributed by atoms with Crippen LogP contribution in [0.4, 0.5) is 18.4 Å². The number of carboxylic acid groups (broad SMARTS) is 2. The zero-order valence-electron chi connectivity index (χ0n) is 15.0. The minimum absolute atomic E-state index is 0.00224. The van der Waals surface area contributed by atoms with Crippen molar-refractivity contribution in [1.29, 1.82) is 0 Å². The van der Waals surface area contributed by atoms with Gasteiger partial charge in [0.1, 0.15) is 5.01 Å². The third-order valence-corrected chi connectivity index (χ3v) is 5.59. The average molecular weight is 425 g/mol. The molecule has 0 aliphatic carbocycles. The van der Waals surface area contributed by atoms with Crippen molar-refractivity contribution in [2.45, 2.75) is 31.3 Å². The van der Waals surface area contributed by atoms with Crippen LogP contribution in [0, 0.1) is 11.6 Å². The lowest BCUT2D eigenvalue weighted by molar-refractivity contribution is -0.143. The molecule has 11 heteroatoms. The highest BCUT2D eigenvalue weighted by Crippen LogP contribution is 2.40. The number of nitrogens with zero attached hydrogens (tertiary/aromatic N) is 3. The average Bonchev–Trinajstić information content (AvgIpc) is 3.12. The number of amides is 3. The van der Waals surface area contributed by atoms with E-state index >= 15 is 0 Å². The summed E-state index contributed by atoms with van der Waals surface area (Å²) < 4.78 is 28.7. The minimum Gasteiger partial charge on any atom is -0.464 e. The van der Waals surface area contributed by atoms with Gasteiger partial charge < -0.3 is 15.1 Å². The molecule has 3 rings (SSSR count). The normalized spacial score (nSPS) is 19.7. The maximum absolute atomic E-state index is 14.8. The van der Waals surface area contributed by atoms with Gasteiger partial charge in [-0.05, 0) is 25.3 Å². The fraction of sp³-hybridized carbons (Fsp3) is 0.333. The van der Waals surface area contributed by atoms with E-state index in [0.717, 1.165) is 18.2 Å². The summed E-state index contributed by atoms with van der Waals surface area (Å²) in [5.41, 5.74) is -3.07. The fourth-order valence-electron chi connectivity index (χ4n) is 3.61. The van der Waals surface area contributed by atoms with Crippen LogP contribution < -0.4 is 0 Å². The predicted octanol–water partition coefficient (Wildman–Crippen LogP) is 3.49. The highest BCUT2D eigenvalue weighted by atomic mass is 32.1. The maximum atomic E-state index is 14.8. The lowest BCUT2D eigenvalue weighted by Gasteiger charge is -2.40. The Bertz CT molecular complexity index is 926. The van der Waals surface area contributed by atoms with Gasteiger partial charge in [-0.3, -0.25) is 4.79 Å². The molecule has 1 fully saturated rings. The first-order valence-electron chi connectivity index (χ1n) is 8.67. The standard InChI is InChI=1S/C18H17F2N3O5S/c19-12-5-3-4-11(14(12)20)18(23(16(25)26)17(27)28)6-1-2-8-22(15(18)24)10-13-21-7-9-29-13/h3-5,7,9H,1-2,6,8,10H2,(H,25,26)(H,27,28)/t18-/m1/s1. The van der Waals surface area contributed by atoms with Crippen molar-refractivity contribution >= 4 is 29.4 Å². The first kappa shape index (κ1) is 20.6. The van der Waals surface area contributed by atoms with Crippen LogP contribution in [0.25, 0.3) is 0 Å². The van der Waals surface area contributed by atoms with Crippen molar-refractivity contribution < 1.29 is 33.4 Å². The second kappa shape index (κ2) is 8.11. The Kier molecular flexibility index (Phi) is 5.78. The van der Waals surface area contributed by atoms with Crippen LogP contribution in [0.1, 0.15) is 29.8 Å². The molecule has 0 radical (unpaired) electrons. The van der Waals surface area contributed by atoms with Gasteiger partial charge in [0.2, 0.25) is 0 Å². The summed E-state index contributed by atoms with van der Waals surface area (Å²) in [5.74, 6) is -3.69. The highest BCUT2D eigenvalue weighted by Gasteiger charge is 2.55. The summed E-state index contributed by atoms with van der Waals surface area (Å²) in [4.78, 5) is 42.5. The van der Waals surface area contributed by atoms with Gasteiger partial charge >= 0.3 is 12.2 Å². The first-order chi connectivity index (χ1) is 13.8. The van der Waals surface area contributed by atoms with E-state index in [9.17, 15) is 33.4 Å². The molecule has 29 heavy (non-hydrogen) atoms. The summed E-state index contributed by atoms with van der Waals surface area (Å²) >= 11 is 1.26. The Balaban J connectivity index is 2.22. The smallest absolute Gasteiger partial charge is 0.418 e. The third kappa shape index (κ3) is 3.65. The molecule has 2 heterocycles. The summed E-state index contributed by atoms with van der Waals surface area (Å²) in [6, 6.07) is 2.97. The number of halogens is 2. The van der Waals surface area contributed by atoms with Crippen molar-refractivity contribution in [2.75, 3.05) is 6.54 Å². The summed E-state index contributed by atoms with van der Waals surface area (Å²) in [6.45, 7) is 0.201. The van der Waals surface area contributed by atoms with Crippen LogP contribution in [0.5, 0.6) is 0 Å². The molecular weight excluding hydrogens is 408 g/mol. The molecule has 1 aliphatic heterocycles. The van der Waals surface area contributed by atoms with Gasteiger partial charge in [-0.25, -0.2) is 23.4 Å². The van der Waals surface area contributed by atoms with Gasteiger partial charge in [0.05, 0.1) is 6.54 Å². The largest absolute Gasteiger partial charge is 0.464 e. The Morgan fingerprint density at radius 2 is 1.97 bits per heavy atom. The molecular formula is C18H17F2N3O5S. The van der Waals surface area contributed by atoms with E-state index in [1.54, 1.807) is 5.38 Å². The van der Waals surface area contributed by atoms with Gasteiger partial charge in [-0.2, -0.15) is 4.90 Å². The van der Waals surface area contributed by atoms with Crippen molar-refractivity contribution in [1.82, 2.24) is 14.8 Å². The van der Waals surface area contributed by atoms with Crippen LogP contribution in [0.2, 0.25) is 0 Å². The number of benzene rings is 1. The summed E-state index contributed by atoms with van der Waals surface area (Å²) in [7, 11) is 0. The summed E-state index contributed by atoms with van der Waals surface area (Å²) in [6.07, 6.45) is -2.02. The third-order valence-electron chi connectivity index (χ3n) is 4.83. The second-order valence-corrected chi connectivity index (χ2v) is 7.45. The van der Waals surface area contributed by atoms with Gasteiger partial charge in [-0.15, -0.1) is 11.3 Å². The van der Waals surface area contributed by atoms with Crippen molar-refractivity contribution in [3.05, 3.63) is 52.0 Å². The van der Waals surface area contributed by atoms with E-state index in [-0.39, 0.29) is 30.8 Å². The zero-order valence-corrected chi connectivity index (χ0v) is 15.9. The number of thiazole rings is 1. The van der Waals surface area contributed by atoms with E-state index in [1.165, 1.54) is 22.4 Å². The molecule has 0 unspecified atom stereocenters. The number of imide groups is 1. The van der Waals surface area contributed by atoms with Crippen molar-refractivity contribution in [2.24, 2.45) is 0 Å². The molecule has 0 bridgehead atoms. The fourth-order valence-corrected chi connectivity index (χ4v) is 4.24. The van der Waals surface area contributed by atoms with Crippen molar-refractivity contribution in [3.8, 4) is 0 Å². The second-order valence-electron chi connectivity index (χ2n) is 6.47. The highest BCUT2D eigenvalue weighted by molar-refractivity contribution is 7.09. The van der Waals surface area contributed by atoms with Crippen LogP contribution in [0.15, 0.2) is 29.8 Å². The number of aromatic nitrogens is 1. The monoisotopic (exact) mass is 425 g/mol. The molecule has 0 spiro atoms. The van der Waals surface area contributed by atoms with E-state index in [0.29, 0.717) is 11.4 Å². The van der Waals surface area contributed by atoms with E-state index in [2.05, 4.69) is 4.98 Å². The number of likely N-dealkylation sites (tertiary alicyclic amines) is 1. The first-order valence-corrected chi connectivity index (χ1v) is 9.55. The Morgan fingerprint density at radius 1 is 1.24 bits per heavy atom. The van der Waals surface area contributed by atoms with Crippen LogP contribution in [-0.2, 0) is 16.9 Å². The molecule has 1 aromatic heterocycles. The van der Waals surface area contributed by atoms with Gasteiger partial charge in [0.25, 0.3) is 5.91 Å². The number of hydrogen-bond acceptors (Lipinski definition) is 5. The van der Waals surface area contributed by atoms with E-state index < -0.39 is 40.8 Å². The lowest BCUT2D eigenvalue weighted by atomic mass is 9.82. The van der Waals surface area contributed by atoms with Crippen LogP contribution in [-0.4, -0.2) is 49.6 Å². The number of carbonyl (C=O) groups excluding carboxylic acids is 1. The minimum atomic E-state index is -2.45. The molecule has 8 nitrogen and oxygen atoms in total. The van der Waals surface area contributed by atoms with Crippen LogP contribution >= 0.6 is 11.3 Å². The summed E-state index contributed by atoms with van der Waals surface area (Å²) in [5, 5.41) is 21.4. The number of hydrogen-bond donors (Lipinski definition) is 2. The molecule has 1 atom stereocenters. The number of rotatable bonds is 4. The topological polar surface area (TPSA) is 111 Å². The molecule has 1 aliphatic rings. The van der Waals surface area contributed by atoms with Crippen LogP contribution in [0.3, 0.4) is 0 Å². The zero-order chi connectivity index (χ0) is 21.2. The lowest BCUT2D eigenvalue weighted by Crippen LogP contribution is -2.60. The molecule has 3 amide bonds. The van der Waals surface area contributed by atoms with E-state index in [4.69, 9.17) is 0 Å². The molecule has 1 saturated heterocycles. The maximum Gasteiger partial charge on any atom is 0.418 e. The van der Waals surface area contributed by atoms with Gasteiger partial charge in [0, 0.05) is 23.7 Å². The molecule has 154 valence electrons. The molecule has 1 aromatic carbocycles.